The molecule has 0 radical (unpaired) electrons. The van der Waals surface area contributed by atoms with Gasteiger partial charge in [0.1, 0.15) is 12.7 Å². The second kappa shape index (κ2) is 8.24. The monoisotopic (exact) mass is 439 g/mol. The minimum Gasteiger partial charge on any atom is -0.487 e. The molecule has 3 heterocycles. The van der Waals surface area contributed by atoms with Gasteiger partial charge in [-0.05, 0) is 88.4 Å². The van der Waals surface area contributed by atoms with Gasteiger partial charge in [-0.15, -0.1) is 0 Å². The first-order valence-corrected chi connectivity index (χ1v) is 11.1. The summed E-state index contributed by atoms with van der Waals surface area (Å²) in [5.41, 5.74) is 2.11. The molecule has 0 amide bonds. The van der Waals surface area contributed by atoms with Crippen molar-refractivity contribution in [1.29, 1.82) is 0 Å². The number of aryl methyl sites for hydroxylation is 1. The summed E-state index contributed by atoms with van der Waals surface area (Å²) < 4.78 is 36.8. The maximum Gasteiger partial charge on any atom is 0.190 e. The predicted molar refractivity (Wildman–Crippen MR) is 117 cm³/mol. The van der Waals surface area contributed by atoms with Gasteiger partial charge in [0, 0.05) is 16.8 Å². The summed E-state index contributed by atoms with van der Waals surface area (Å²) in [6.45, 7) is 6.52. The van der Waals surface area contributed by atoms with E-state index in [0.717, 1.165) is 25.9 Å². The number of benzene rings is 1. The van der Waals surface area contributed by atoms with Crippen LogP contribution in [0.5, 0.6) is 5.75 Å². The Bertz CT molecular complexity index is 1080. The standard InChI is InChI=1S/C24H27F2N5O/c1-16-19(3-4-22(29-16)31-15-27-14-28-31)18-11-20(25)23(21(26)12-18)32-13-17-5-9-30(10-6-17)24(2)7-8-24/h3-4,11-12,14-15,17H,5-10,13H2,1-2H3. The van der Waals surface area contributed by atoms with E-state index in [1.54, 1.807) is 25.4 Å². The number of pyridine rings is 1. The summed E-state index contributed by atoms with van der Waals surface area (Å²) in [7, 11) is 0. The van der Waals surface area contributed by atoms with Crippen LogP contribution in [0.25, 0.3) is 16.9 Å². The van der Waals surface area contributed by atoms with E-state index in [9.17, 15) is 8.78 Å². The molecule has 0 N–H and O–H groups in total. The van der Waals surface area contributed by atoms with Crippen LogP contribution in [0.1, 0.15) is 38.3 Å². The molecule has 1 aliphatic heterocycles. The highest BCUT2D eigenvalue weighted by atomic mass is 19.1. The zero-order valence-corrected chi connectivity index (χ0v) is 18.4. The van der Waals surface area contributed by atoms with Crippen molar-refractivity contribution in [3.63, 3.8) is 0 Å². The molecule has 2 aliphatic rings. The van der Waals surface area contributed by atoms with E-state index in [-0.39, 0.29) is 5.75 Å². The van der Waals surface area contributed by atoms with Gasteiger partial charge < -0.3 is 4.74 Å². The van der Waals surface area contributed by atoms with Crippen molar-refractivity contribution in [1.82, 2.24) is 24.6 Å². The lowest BCUT2D eigenvalue weighted by Crippen LogP contribution is -2.42. The van der Waals surface area contributed by atoms with Crippen LogP contribution in [0.2, 0.25) is 0 Å². The normalized spacial score (nSPS) is 18.6. The zero-order chi connectivity index (χ0) is 22.3. The number of ether oxygens (including phenoxy) is 1. The summed E-state index contributed by atoms with van der Waals surface area (Å²) >= 11 is 0. The van der Waals surface area contributed by atoms with Crippen LogP contribution in [0.4, 0.5) is 8.78 Å². The minimum absolute atomic E-state index is 0.296. The van der Waals surface area contributed by atoms with E-state index in [4.69, 9.17) is 4.74 Å². The quantitative estimate of drug-likeness (QED) is 0.564. The summed E-state index contributed by atoms with van der Waals surface area (Å²) in [6.07, 6.45) is 7.51. The lowest BCUT2D eigenvalue weighted by Gasteiger charge is -2.36. The maximum atomic E-state index is 14.8. The van der Waals surface area contributed by atoms with Crippen LogP contribution in [-0.2, 0) is 0 Å². The van der Waals surface area contributed by atoms with E-state index >= 15 is 0 Å². The lowest BCUT2D eigenvalue weighted by molar-refractivity contribution is 0.100. The second-order valence-corrected chi connectivity index (χ2v) is 9.15. The third-order valence-corrected chi connectivity index (χ3v) is 6.85. The fourth-order valence-corrected chi connectivity index (χ4v) is 4.50. The number of likely N-dealkylation sites (tertiary alicyclic amines) is 1. The van der Waals surface area contributed by atoms with E-state index in [1.807, 2.05) is 0 Å². The Labute approximate surface area is 186 Å². The van der Waals surface area contributed by atoms with Gasteiger partial charge in [0.15, 0.2) is 23.2 Å². The van der Waals surface area contributed by atoms with E-state index in [1.165, 1.54) is 36.0 Å². The Kier molecular flexibility index (Phi) is 5.41. The molecule has 1 saturated carbocycles. The Morgan fingerprint density at radius 3 is 2.44 bits per heavy atom. The van der Waals surface area contributed by atoms with E-state index in [2.05, 4.69) is 26.9 Å². The largest absolute Gasteiger partial charge is 0.487 e. The zero-order valence-electron chi connectivity index (χ0n) is 18.4. The highest BCUT2D eigenvalue weighted by Gasteiger charge is 2.44. The van der Waals surface area contributed by atoms with Crippen LogP contribution in [0.3, 0.4) is 0 Å². The minimum atomic E-state index is -0.692. The third kappa shape index (κ3) is 4.11. The van der Waals surface area contributed by atoms with Crippen molar-refractivity contribution in [3.05, 3.63) is 54.2 Å². The van der Waals surface area contributed by atoms with Crippen LogP contribution in [0.15, 0.2) is 36.9 Å². The number of nitrogens with zero attached hydrogens (tertiary/aromatic N) is 5. The van der Waals surface area contributed by atoms with Crippen LogP contribution in [-0.4, -0.2) is 49.9 Å². The van der Waals surface area contributed by atoms with Gasteiger partial charge in [0.25, 0.3) is 0 Å². The molecule has 8 heteroatoms. The number of halogens is 2. The molecular formula is C24H27F2N5O. The molecule has 3 aromatic rings. The van der Waals surface area contributed by atoms with Gasteiger partial charge in [-0.3, -0.25) is 4.90 Å². The molecule has 5 rings (SSSR count). The second-order valence-electron chi connectivity index (χ2n) is 9.15. The molecule has 0 bridgehead atoms. The molecule has 0 atom stereocenters. The van der Waals surface area contributed by atoms with Crippen LogP contribution >= 0.6 is 0 Å². The van der Waals surface area contributed by atoms with Gasteiger partial charge in [-0.2, -0.15) is 5.10 Å². The topological polar surface area (TPSA) is 56.1 Å². The van der Waals surface area contributed by atoms with Gasteiger partial charge in [0.05, 0.1) is 6.61 Å². The van der Waals surface area contributed by atoms with Crippen LogP contribution < -0.4 is 4.74 Å². The number of rotatable bonds is 6. The van der Waals surface area contributed by atoms with Crippen molar-refractivity contribution in [2.75, 3.05) is 19.7 Å². The molecule has 0 spiro atoms. The van der Waals surface area contributed by atoms with Crippen molar-refractivity contribution < 1.29 is 13.5 Å². The molecule has 168 valence electrons. The molecule has 32 heavy (non-hydrogen) atoms. The Balaban J connectivity index is 1.26. The summed E-state index contributed by atoms with van der Waals surface area (Å²) in [5.74, 6) is -0.769. The molecule has 6 nitrogen and oxygen atoms in total. The average Bonchev–Trinajstić information content (AvgIpc) is 3.30. The Morgan fingerprint density at radius 1 is 1.12 bits per heavy atom. The average molecular weight is 440 g/mol. The van der Waals surface area contributed by atoms with Gasteiger partial charge in [0.2, 0.25) is 0 Å². The fourth-order valence-electron chi connectivity index (χ4n) is 4.50. The lowest BCUT2D eigenvalue weighted by atomic mass is 9.96. The fraction of sp³-hybridized carbons (Fsp3) is 0.458. The third-order valence-electron chi connectivity index (χ3n) is 6.85. The summed E-state index contributed by atoms with van der Waals surface area (Å²) in [5, 5.41) is 4.05. The summed E-state index contributed by atoms with van der Waals surface area (Å²) in [6, 6.07) is 6.15. The molecular weight excluding hydrogens is 412 g/mol. The van der Waals surface area contributed by atoms with E-state index < -0.39 is 11.6 Å². The highest BCUT2D eigenvalue weighted by Crippen LogP contribution is 2.43. The molecule has 1 aliphatic carbocycles. The first-order chi connectivity index (χ1) is 15.4. The number of hydrogen-bond acceptors (Lipinski definition) is 5. The predicted octanol–water partition coefficient (Wildman–Crippen LogP) is 4.56. The molecule has 2 fully saturated rings. The molecule has 1 aromatic carbocycles. The first-order valence-electron chi connectivity index (χ1n) is 11.1. The van der Waals surface area contributed by atoms with Crippen molar-refractivity contribution >= 4 is 0 Å². The maximum absolute atomic E-state index is 14.8. The Morgan fingerprint density at radius 2 is 1.84 bits per heavy atom. The smallest absolute Gasteiger partial charge is 0.190 e. The number of hydrogen-bond donors (Lipinski definition) is 0. The van der Waals surface area contributed by atoms with Crippen LogP contribution in [0, 0.1) is 24.5 Å². The Hall–Kier alpha value is -2.87. The molecule has 1 saturated heterocycles. The SMILES string of the molecule is Cc1nc(-n2cncn2)ccc1-c1cc(F)c(OCC2CCN(C3(C)CC3)CC2)c(F)c1. The highest BCUT2D eigenvalue weighted by molar-refractivity contribution is 5.67. The van der Waals surface area contributed by atoms with Gasteiger partial charge in [-0.25, -0.2) is 23.4 Å². The number of piperidine rings is 1. The van der Waals surface area contributed by atoms with Crippen molar-refractivity contribution in [3.8, 4) is 22.7 Å². The van der Waals surface area contributed by atoms with Gasteiger partial charge in [-0.1, -0.05) is 0 Å². The molecule has 2 aromatic heterocycles. The van der Waals surface area contributed by atoms with Gasteiger partial charge >= 0.3 is 0 Å². The molecule has 0 unspecified atom stereocenters. The number of aromatic nitrogens is 4. The van der Waals surface area contributed by atoms with Crippen molar-refractivity contribution in [2.45, 2.75) is 45.1 Å². The van der Waals surface area contributed by atoms with Crippen molar-refractivity contribution in [2.24, 2.45) is 5.92 Å². The first kappa shape index (κ1) is 21.0. The van der Waals surface area contributed by atoms with E-state index in [0.29, 0.717) is 40.7 Å². The summed E-state index contributed by atoms with van der Waals surface area (Å²) in [4.78, 5) is 10.9.